The van der Waals surface area contributed by atoms with Crippen molar-refractivity contribution in [3.63, 3.8) is 0 Å². The summed E-state index contributed by atoms with van der Waals surface area (Å²) in [6, 6.07) is 13.1. The highest BCUT2D eigenvalue weighted by Gasteiger charge is 2.66. The largest absolute Gasteiger partial charge is 0.469 e. The zero-order chi connectivity index (χ0) is 34.7. The fraction of sp³-hybridized carbons (Fsp3) is 0.472. The van der Waals surface area contributed by atoms with Crippen LogP contribution in [-0.2, 0) is 4.74 Å². The van der Waals surface area contributed by atoms with Crippen molar-refractivity contribution < 1.29 is 29.0 Å². The van der Waals surface area contributed by atoms with Gasteiger partial charge in [0.1, 0.15) is 11.2 Å². The number of rotatable bonds is 8. The van der Waals surface area contributed by atoms with Crippen LogP contribution in [0.1, 0.15) is 68.2 Å². The van der Waals surface area contributed by atoms with Gasteiger partial charge in [0.05, 0.1) is 30.0 Å². The first-order chi connectivity index (χ1) is 23.2. The molecule has 1 saturated carbocycles. The molecule has 3 aromatic rings. The van der Waals surface area contributed by atoms with Crippen LogP contribution < -0.4 is 25.6 Å². The Morgan fingerprint density at radius 2 is 1.67 bits per heavy atom. The third-order valence-electron chi connectivity index (χ3n) is 9.83. The van der Waals surface area contributed by atoms with E-state index in [0.717, 1.165) is 19.4 Å². The molecule has 1 aliphatic carbocycles. The van der Waals surface area contributed by atoms with Crippen molar-refractivity contribution in [2.75, 3.05) is 48.3 Å². The molecular formula is C36H43N7O6. The second kappa shape index (κ2) is 12.0. The molecule has 1 spiro atoms. The van der Waals surface area contributed by atoms with Crippen LogP contribution >= 0.6 is 0 Å². The summed E-state index contributed by atoms with van der Waals surface area (Å²) >= 11 is 0. The first kappa shape index (κ1) is 32.8. The van der Waals surface area contributed by atoms with Gasteiger partial charge in [-0.05, 0) is 83.9 Å². The molecule has 3 aliphatic heterocycles. The first-order valence-corrected chi connectivity index (χ1v) is 16.8. The number of nitrogens with zero attached hydrogens (tertiary/aromatic N) is 4. The van der Waals surface area contributed by atoms with E-state index >= 15 is 0 Å². The van der Waals surface area contributed by atoms with Crippen molar-refractivity contribution >= 4 is 35.2 Å². The summed E-state index contributed by atoms with van der Waals surface area (Å²) in [4.78, 5) is 52.9. The molecule has 258 valence electrons. The molecule has 3 atom stereocenters. The molecule has 7 rings (SSSR count). The van der Waals surface area contributed by atoms with Crippen molar-refractivity contribution in [3.05, 3.63) is 59.7 Å². The van der Waals surface area contributed by atoms with E-state index in [0.29, 0.717) is 65.4 Å². The number of urea groups is 1. The number of carbonyl (C=O) groups is 3. The fourth-order valence-electron chi connectivity index (χ4n) is 7.14. The number of likely N-dealkylation sites (N-methyl/N-ethyl adjacent to an activating group) is 1. The van der Waals surface area contributed by atoms with Gasteiger partial charge in [0.15, 0.2) is 0 Å². The third kappa shape index (κ3) is 6.28. The third-order valence-corrected chi connectivity index (χ3v) is 9.83. The van der Waals surface area contributed by atoms with Crippen molar-refractivity contribution in [2.45, 2.75) is 70.9 Å². The molecule has 2 saturated heterocycles. The van der Waals surface area contributed by atoms with E-state index in [1.165, 1.54) is 0 Å². The average molecular weight is 670 g/mol. The lowest BCUT2D eigenvalue weighted by atomic mass is 9.60. The molecule has 3 unspecified atom stereocenters. The monoisotopic (exact) mass is 669 g/mol. The van der Waals surface area contributed by atoms with Gasteiger partial charge in [-0.25, -0.2) is 9.78 Å². The van der Waals surface area contributed by atoms with Crippen molar-refractivity contribution in [3.8, 4) is 17.1 Å². The molecule has 13 heteroatoms. The van der Waals surface area contributed by atoms with E-state index in [9.17, 15) is 19.5 Å². The lowest BCUT2D eigenvalue weighted by molar-refractivity contribution is -0.279. The summed E-state index contributed by atoms with van der Waals surface area (Å²) < 4.78 is 12.5. The standard InChI is InChI=1S/C36H43N7O6/c1-6-42-19-35(4,5)49-30-27(31(42)45)28(40-32(41-30)43-17-26-36(20-43)16-15-25(36)48-26)21-7-11-23(12-8-21)38-33(46)39-24-13-9-22(10-14-24)29(44)37-18-34(2,3)47/h7-14,25-26,47H,6,15-20H2,1-5H3,(H,37,44)(H2,38,39,46). The molecule has 1 aromatic heterocycles. The summed E-state index contributed by atoms with van der Waals surface area (Å²) in [5, 5.41) is 18.1. The summed E-state index contributed by atoms with van der Waals surface area (Å²) in [5.74, 6) is 0.284. The minimum absolute atomic E-state index is 0.114. The lowest BCUT2D eigenvalue weighted by Crippen LogP contribution is -2.65. The molecule has 4 heterocycles. The number of hydrogen-bond acceptors (Lipinski definition) is 9. The predicted molar refractivity (Wildman–Crippen MR) is 184 cm³/mol. The fourth-order valence-corrected chi connectivity index (χ4v) is 7.14. The van der Waals surface area contributed by atoms with E-state index in [4.69, 9.17) is 19.4 Å². The molecular weight excluding hydrogens is 626 g/mol. The highest BCUT2D eigenvalue weighted by Crippen LogP contribution is 2.59. The van der Waals surface area contributed by atoms with E-state index in [-0.39, 0.29) is 35.8 Å². The van der Waals surface area contributed by atoms with Crippen LogP contribution in [0.2, 0.25) is 0 Å². The maximum Gasteiger partial charge on any atom is 0.323 e. The number of benzene rings is 2. The van der Waals surface area contributed by atoms with Crippen molar-refractivity contribution in [1.82, 2.24) is 20.2 Å². The number of anilines is 3. The normalized spacial score (nSPS) is 23.5. The Hall–Kier alpha value is -4.75. The summed E-state index contributed by atoms with van der Waals surface area (Å²) in [7, 11) is 0. The molecule has 4 N–H and O–H groups in total. The number of fused-ring (bicyclic) bond motifs is 1. The Balaban J connectivity index is 1.10. The Kier molecular flexibility index (Phi) is 8.02. The number of aliphatic hydroxyl groups is 1. The van der Waals surface area contributed by atoms with Crippen LogP contribution in [0.5, 0.6) is 5.88 Å². The van der Waals surface area contributed by atoms with E-state index in [2.05, 4.69) is 20.9 Å². The van der Waals surface area contributed by atoms with Crippen LogP contribution in [0.3, 0.4) is 0 Å². The van der Waals surface area contributed by atoms with Crippen molar-refractivity contribution in [1.29, 1.82) is 0 Å². The number of hydrogen-bond donors (Lipinski definition) is 4. The summed E-state index contributed by atoms with van der Waals surface area (Å²) in [5.41, 5.74) is 1.43. The predicted octanol–water partition coefficient (Wildman–Crippen LogP) is 4.29. The smallest absolute Gasteiger partial charge is 0.323 e. The highest BCUT2D eigenvalue weighted by atomic mass is 16.5. The topological polar surface area (TPSA) is 158 Å². The van der Waals surface area contributed by atoms with Gasteiger partial charge in [-0.15, -0.1) is 0 Å². The summed E-state index contributed by atoms with van der Waals surface area (Å²) in [6.07, 6.45) is 2.71. The van der Waals surface area contributed by atoms with Gasteiger partial charge >= 0.3 is 6.03 Å². The minimum atomic E-state index is -1.02. The quantitative estimate of drug-likeness (QED) is 0.275. The Morgan fingerprint density at radius 3 is 2.24 bits per heavy atom. The van der Waals surface area contributed by atoms with Crippen LogP contribution in [0.4, 0.5) is 22.1 Å². The number of nitrogens with one attached hydrogen (secondary N) is 3. The number of ether oxygens (including phenoxy) is 2. The maximum atomic E-state index is 14.0. The van der Waals surface area contributed by atoms with Gasteiger partial charge in [-0.1, -0.05) is 12.1 Å². The molecule has 2 aromatic carbocycles. The second-order valence-corrected chi connectivity index (χ2v) is 14.7. The molecule has 3 fully saturated rings. The lowest BCUT2D eigenvalue weighted by Gasteiger charge is -2.59. The van der Waals surface area contributed by atoms with Gasteiger partial charge in [0.2, 0.25) is 11.8 Å². The highest BCUT2D eigenvalue weighted by molar-refractivity contribution is 6.03. The van der Waals surface area contributed by atoms with E-state index < -0.39 is 17.2 Å². The maximum absolute atomic E-state index is 14.0. The van der Waals surface area contributed by atoms with Crippen LogP contribution in [0.25, 0.3) is 11.3 Å². The number of aromatic nitrogens is 2. The first-order valence-electron chi connectivity index (χ1n) is 16.8. The molecule has 0 radical (unpaired) electrons. The van der Waals surface area contributed by atoms with E-state index in [1.54, 1.807) is 55.1 Å². The number of carbonyl (C=O) groups excluding carboxylic acids is 3. The van der Waals surface area contributed by atoms with Crippen LogP contribution in [0, 0.1) is 5.41 Å². The van der Waals surface area contributed by atoms with Gasteiger partial charge < -0.3 is 40.3 Å². The number of amides is 4. The molecule has 4 aliphatic rings. The van der Waals surface area contributed by atoms with Gasteiger partial charge in [0, 0.05) is 54.1 Å². The minimum Gasteiger partial charge on any atom is -0.469 e. The van der Waals surface area contributed by atoms with Crippen LogP contribution in [0.15, 0.2) is 48.5 Å². The van der Waals surface area contributed by atoms with Crippen molar-refractivity contribution in [2.24, 2.45) is 5.41 Å². The SMILES string of the molecule is CCN1CC(C)(C)Oc2nc(N3CC4OC5CCC54C3)nc(-c3ccc(NC(=O)Nc4ccc(C(=O)NCC(C)(C)O)cc4)cc3)c2C1=O. The Bertz CT molecular complexity index is 1790. The molecule has 4 amide bonds. The average Bonchev–Trinajstić information content (AvgIpc) is 3.38. The molecule has 49 heavy (non-hydrogen) atoms. The molecule has 0 bridgehead atoms. The van der Waals surface area contributed by atoms with E-state index in [1.807, 2.05) is 32.9 Å². The zero-order valence-corrected chi connectivity index (χ0v) is 28.5. The zero-order valence-electron chi connectivity index (χ0n) is 28.5. The van der Waals surface area contributed by atoms with Gasteiger partial charge in [-0.2, -0.15) is 4.98 Å². The van der Waals surface area contributed by atoms with Gasteiger partial charge in [-0.3, -0.25) is 9.59 Å². The summed E-state index contributed by atoms with van der Waals surface area (Å²) in [6.45, 7) is 11.6. The second-order valence-electron chi connectivity index (χ2n) is 14.7. The Labute approximate surface area is 285 Å². The van der Waals surface area contributed by atoms with Crippen LogP contribution in [-0.4, -0.2) is 94.0 Å². The Morgan fingerprint density at radius 1 is 1.00 bits per heavy atom. The van der Waals surface area contributed by atoms with Gasteiger partial charge in [0.25, 0.3) is 11.8 Å². The molecule has 13 nitrogen and oxygen atoms in total.